The first kappa shape index (κ1) is 17.6. The Balaban J connectivity index is 1.70. The number of rotatable bonds is 4. The minimum atomic E-state index is -0.748. The van der Waals surface area contributed by atoms with Crippen LogP contribution >= 0.6 is 0 Å². The van der Waals surface area contributed by atoms with E-state index in [0.29, 0.717) is 5.56 Å². The summed E-state index contributed by atoms with van der Waals surface area (Å²) in [5.41, 5.74) is 1.17. The molecule has 0 radical (unpaired) electrons. The van der Waals surface area contributed by atoms with E-state index in [9.17, 15) is 19.2 Å². The van der Waals surface area contributed by atoms with Crippen LogP contribution in [0.25, 0.3) is 10.8 Å². The van der Waals surface area contributed by atoms with Gasteiger partial charge >= 0.3 is 11.9 Å². The number of methoxy groups -OCH3 is 1. The highest BCUT2D eigenvalue weighted by atomic mass is 16.5. The summed E-state index contributed by atoms with van der Waals surface area (Å²) in [7, 11) is 1.32. The van der Waals surface area contributed by atoms with Crippen LogP contribution in [0.1, 0.15) is 28.8 Å². The van der Waals surface area contributed by atoms with Crippen molar-refractivity contribution in [1.29, 1.82) is 0 Å². The van der Waals surface area contributed by atoms with Crippen LogP contribution < -0.4 is 5.32 Å². The number of carbonyl (C=O) groups is 4. The number of fused-ring (bicyclic) bond motifs is 1. The SMILES string of the molecule is COC(=O)c1ccc2ccc(COC(=O)C3CC(=O)NC(=O)C3)cc2c1. The van der Waals surface area contributed by atoms with Gasteiger partial charge in [0.2, 0.25) is 11.8 Å². The minimum Gasteiger partial charge on any atom is -0.465 e. The van der Waals surface area contributed by atoms with Gasteiger partial charge in [-0.1, -0.05) is 18.2 Å². The first-order chi connectivity index (χ1) is 12.5. The monoisotopic (exact) mass is 355 g/mol. The van der Waals surface area contributed by atoms with Gasteiger partial charge in [0.05, 0.1) is 18.6 Å². The lowest BCUT2D eigenvalue weighted by molar-refractivity contribution is -0.155. The molecule has 0 aliphatic carbocycles. The van der Waals surface area contributed by atoms with Gasteiger partial charge in [-0.3, -0.25) is 19.7 Å². The van der Waals surface area contributed by atoms with Crippen LogP contribution in [0.4, 0.5) is 0 Å². The van der Waals surface area contributed by atoms with Crippen LogP contribution in [0.5, 0.6) is 0 Å². The van der Waals surface area contributed by atoms with Gasteiger partial charge < -0.3 is 9.47 Å². The second kappa shape index (κ2) is 7.35. The zero-order valence-electron chi connectivity index (χ0n) is 14.1. The predicted octanol–water partition coefficient (Wildman–Crippen LogP) is 1.72. The van der Waals surface area contributed by atoms with Crippen LogP contribution in [0.3, 0.4) is 0 Å². The Kier molecular flexibility index (Phi) is 4.97. The van der Waals surface area contributed by atoms with E-state index in [2.05, 4.69) is 5.32 Å². The van der Waals surface area contributed by atoms with Crippen LogP contribution in [0.15, 0.2) is 36.4 Å². The lowest BCUT2D eigenvalue weighted by atomic mass is 9.97. The van der Waals surface area contributed by atoms with Crippen molar-refractivity contribution in [3.05, 3.63) is 47.5 Å². The first-order valence-electron chi connectivity index (χ1n) is 8.06. The zero-order chi connectivity index (χ0) is 18.7. The number of carbonyl (C=O) groups excluding carboxylic acids is 4. The topological polar surface area (TPSA) is 98.8 Å². The Morgan fingerprint density at radius 2 is 1.73 bits per heavy atom. The molecule has 0 unspecified atom stereocenters. The smallest absolute Gasteiger partial charge is 0.337 e. The second-order valence-corrected chi connectivity index (χ2v) is 6.07. The highest BCUT2D eigenvalue weighted by Crippen LogP contribution is 2.20. The molecule has 2 aromatic rings. The number of benzene rings is 2. The molecule has 2 aromatic carbocycles. The highest BCUT2D eigenvalue weighted by molar-refractivity contribution is 6.01. The number of nitrogens with one attached hydrogen (secondary N) is 1. The van der Waals surface area contributed by atoms with E-state index in [1.165, 1.54) is 7.11 Å². The molecule has 1 N–H and O–H groups in total. The van der Waals surface area contributed by atoms with Crippen LogP contribution in [0.2, 0.25) is 0 Å². The van der Waals surface area contributed by atoms with Crippen molar-refractivity contribution < 1.29 is 28.7 Å². The average Bonchev–Trinajstić information content (AvgIpc) is 2.64. The molecule has 2 amide bonds. The standard InChI is InChI=1S/C19H17NO6/c1-25-18(23)13-5-4-12-3-2-11(6-14(12)7-13)10-26-19(24)15-8-16(21)20-17(22)9-15/h2-7,15H,8-10H2,1H3,(H,20,21,22). The first-order valence-corrected chi connectivity index (χ1v) is 8.06. The maximum absolute atomic E-state index is 12.1. The zero-order valence-corrected chi connectivity index (χ0v) is 14.1. The summed E-state index contributed by atoms with van der Waals surface area (Å²) in [5, 5.41) is 3.90. The highest BCUT2D eigenvalue weighted by Gasteiger charge is 2.31. The van der Waals surface area contributed by atoms with E-state index < -0.39 is 29.7 Å². The fourth-order valence-electron chi connectivity index (χ4n) is 2.85. The molecule has 1 heterocycles. The van der Waals surface area contributed by atoms with Crippen molar-refractivity contribution in [1.82, 2.24) is 5.32 Å². The molecule has 3 rings (SSSR count). The lowest BCUT2D eigenvalue weighted by Crippen LogP contribution is -2.41. The van der Waals surface area contributed by atoms with E-state index in [1.807, 2.05) is 24.3 Å². The Labute approximate surface area is 149 Å². The Hall–Kier alpha value is -3.22. The molecule has 0 saturated carbocycles. The summed E-state index contributed by atoms with van der Waals surface area (Å²) in [4.78, 5) is 46.4. The van der Waals surface area contributed by atoms with Gasteiger partial charge in [0.15, 0.2) is 0 Å². The third-order valence-electron chi connectivity index (χ3n) is 4.18. The van der Waals surface area contributed by atoms with Gasteiger partial charge in [-0.2, -0.15) is 0 Å². The van der Waals surface area contributed by atoms with Gasteiger partial charge in [0.1, 0.15) is 6.61 Å². The molecule has 26 heavy (non-hydrogen) atoms. The third kappa shape index (κ3) is 3.88. The van der Waals surface area contributed by atoms with Crippen LogP contribution in [0, 0.1) is 5.92 Å². The van der Waals surface area contributed by atoms with Crippen LogP contribution in [-0.4, -0.2) is 30.9 Å². The Morgan fingerprint density at radius 3 is 2.42 bits per heavy atom. The summed E-state index contributed by atoms with van der Waals surface area (Å²) >= 11 is 0. The summed E-state index contributed by atoms with van der Waals surface area (Å²) in [6.07, 6.45) is -0.102. The molecule has 0 atom stereocenters. The van der Waals surface area contributed by atoms with E-state index in [-0.39, 0.29) is 19.4 Å². The van der Waals surface area contributed by atoms with Gasteiger partial charge in [0, 0.05) is 12.8 Å². The number of imide groups is 1. The molecule has 0 spiro atoms. The third-order valence-corrected chi connectivity index (χ3v) is 4.18. The summed E-state index contributed by atoms with van der Waals surface area (Å²) in [5.74, 6) is -2.68. The Bertz CT molecular complexity index is 888. The molecule has 0 aromatic heterocycles. The van der Waals surface area contributed by atoms with Gasteiger partial charge in [-0.15, -0.1) is 0 Å². The number of ether oxygens (including phenoxy) is 2. The molecule has 7 heteroatoms. The van der Waals surface area contributed by atoms with E-state index in [1.54, 1.807) is 12.1 Å². The fourth-order valence-corrected chi connectivity index (χ4v) is 2.85. The summed E-state index contributed by atoms with van der Waals surface area (Å²) in [6, 6.07) is 10.7. The van der Waals surface area contributed by atoms with Crippen molar-refractivity contribution in [3.8, 4) is 0 Å². The number of amides is 2. The van der Waals surface area contributed by atoms with E-state index in [4.69, 9.17) is 9.47 Å². The average molecular weight is 355 g/mol. The molecule has 1 aliphatic heterocycles. The molecule has 1 saturated heterocycles. The van der Waals surface area contributed by atoms with Crippen molar-refractivity contribution in [2.45, 2.75) is 19.4 Å². The van der Waals surface area contributed by atoms with E-state index >= 15 is 0 Å². The summed E-state index contributed by atoms with van der Waals surface area (Å²) in [6.45, 7) is 0.0174. The predicted molar refractivity (Wildman–Crippen MR) is 91.0 cm³/mol. The number of esters is 2. The Morgan fingerprint density at radius 1 is 1.04 bits per heavy atom. The number of hydrogen-bond donors (Lipinski definition) is 1. The maximum Gasteiger partial charge on any atom is 0.337 e. The molecule has 7 nitrogen and oxygen atoms in total. The molecular weight excluding hydrogens is 338 g/mol. The summed E-state index contributed by atoms with van der Waals surface area (Å²) < 4.78 is 9.96. The van der Waals surface area contributed by atoms with Crippen LogP contribution in [-0.2, 0) is 30.5 Å². The van der Waals surface area contributed by atoms with Gasteiger partial charge in [-0.05, 0) is 34.5 Å². The maximum atomic E-state index is 12.1. The fraction of sp³-hybridized carbons (Fsp3) is 0.263. The minimum absolute atomic E-state index is 0.0174. The largest absolute Gasteiger partial charge is 0.465 e. The van der Waals surface area contributed by atoms with Crippen molar-refractivity contribution in [2.75, 3.05) is 7.11 Å². The quantitative estimate of drug-likeness (QED) is 0.662. The number of hydrogen-bond acceptors (Lipinski definition) is 6. The molecule has 134 valence electrons. The van der Waals surface area contributed by atoms with Crippen molar-refractivity contribution >= 4 is 34.5 Å². The van der Waals surface area contributed by atoms with Crippen molar-refractivity contribution in [2.24, 2.45) is 5.92 Å². The van der Waals surface area contributed by atoms with E-state index in [0.717, 1.165) is 16.3 Å². The lowest BCUT2D eigenvalue weighted by Gasteiger charge is -2.19. The second-order valence-electron chi connectivity index (χ2n) is 6.07. The van der Waals surface area contributed by atoms with Gasteiger partial charge in [-0.25, -0.2) is 4.79 Å². The van der Waals surface area contributed by atoms with Crippen molar-refractivity contribution in [3.63, 3.8) is 0 Å². The molecule has 1 aliphatic rings. The molecule has 1 fully saturated rings. The van der Waals surface area contributed by atoms with Gasteiger partial charge in [0.25, 0.3) is 0 Å². The normalized spacial score (nSPS) is 14.8. The molecular formula is C19H17NO6. The molecule has 0 bridgehead atoms. The number of piperidine rings is 1.